The number of nitrogens with one attached hydrogen (secondary N) is 2. The topological polar surface area (TPSA) is 61.9 Å². The van der Waals surface area contributed by atoms with E-state index < -0.39 is 0 Å². The van der Waals surface area contributed by atoms with E-state index in [4.69, 9.17) is 11.1 Å². The van der Waals surface area contributed by atoms with Gasteiger partial charge in [-0.15, -0.1) is 0 Å². The molecule has 0 spiro atoms. The fourth-order valence-corrected chi connectivity index (χ4v) is 3.97. The SMILES string of the molecule is CC(N)C(C1CCCCC1)C1CCCCC(=N)N1. The third kappa shape index (κ3) is 3.47. The molecule has 1 aliphatic heterocycles. The molecule has 0 radical (unpaired) electrons. The normalized spacial score (nSPS) is 30.3. The van der Waals surface area contributed by atoms with Gasteiger partial charge in [-0.25, -0.2) is 0 Å². The molecule has 18 heavy (non-hydrogen) atoms. The third-order valence-electron chi connectivity index (χ3n) is 4.82. The smallest absolute Gasteiger partial charge is 0.0933 e. The summed E-state index contributed by atoms with van der Waals surface area (Å²) in [5, 5.41) is 11.4. The molecule has 2 aliphatic rings. The third-order valence-corrected chi connectivity index (χ3v) is 4.82. The zero-order chi connectivity index (χ0) is 13.0. The zero-order valence-corrected chi connectivity index (χ0v) is 11.8. The summed E-state index contributed by atoms with van der Waals surface area (Å²) in [5.74, 6) is 2.07. The van der Waals surface area contributed by atoms with E-state index in [-0.39, 0.29) is 6.04 Å². The maximum atomic E-state index is 7.96. The predicted molar refractivity (Wildman–Crippen MR) is 76.8 cm³/mol. The molecule has 1 aliphatic carbocycles. The predicted octanol–water partition coefficient (Wildman–Crippen LogP) is 3.04. The summed E-state index contributed by atoms with van der Waals surface area (Å²) in [4.78, 5) is 0. The molecule has 0 aromatic carbocycles. The summed E-state index contributed by atoms with van der Waals surface area (Å²) in [6, 6.07) is 0.694. The minimum Gasteiger partial charge on any atom is -0.371 e. The van der Waals surface area contributed by atoms with E-state index in [1.165, 1.54) is 51.4 Å². The highest BCUT2D eigenvalue weighted by Gasteiger charge is 2.33. The van der Waals surface area contributed by atoms with Crippen LogP contribution in [0.2, 0.25) is 0 Å². The van der Waals surface area contributed by atoms with Gasteiger partial charge in [-0.1, -0.05) is 38.5 Å². The molecule has 2 fully saturated rings. The molecule has 0 aromatic rings. The Morgan fingerprint density at radius 2 is 1.78 bits per heavy atom. The van der Waals surface area contributed by atoms with Gasteiger partial charge in [-0.05, 0) is 31.6 Å². The first-order valence-corrected chi connectivity index (χ1v) is 7.78. The van der Waals surface area contributed by atoms with E-state index in [1.807, 2.05) is 0 Å². The first-order valence-electron chi connectivity index (χ1n) is 7.78. The van der Waals surface area contributed by atoms with Crippen molar-refractivity contribution in [3.63, 3.8) is 0 Å². The lowest BCUT2D eigenvalue weighted by Gasteiger charge is -2.38. The van der Waals surface area contributed by atoms with Gasteiger partial charge in [0.15, 0.2) is 0 Å². The fourth-order valence-electron chi connectivity index (χ4n) is 3.97. The number of amidine groups is 1. The molecule has 3 unspecified atom stereocenters. The number of rotatable bonds is 3. The number of nitrogens with two attached hydrogens (primary N) is 1. The van der Waals surface area contributed by atoms with Crippen LogP contribution in [0.5, 0.6) is 0 Å². The highest BCUT2D eigenvalue weighted by atomic mass is 15.0. The van der Waals surface area contributed by atoms with Gasteiger partial charge in [0.2, 0.25) is 0 Å². The molecule has 1 heterocycles. The van der Waals surface area contributed by atoms with Gasteiger partial charge in [0.1, 0.15) is 0 Å². The Morgan fingerprint density at radius 1 is 1.11 bits per heavy atom. The van der Waals surface area contributed by atoms with Crippen LogP contribution in [0.1, 0.15) is 64.7 Å². The minimum atomic E-state index is 0.247. The van der Waals surface area contributed by atoms with Gasteiger partial charge in [0.05, 0.1) is 5.84 Å². The average molecular weight is 251 g/mol. The second kappa shape index (κ2) is 6.55. The molecule has 0 aromatic heterocycles. The van der Waals surface area contributed by atoms with E-state index in [0.29, 0.717) is 12.0 Å². The molecule has 3 atom stereocenters. The molecular weight excluding hydrogens is 222 g/mol. The van der Waals surface area contributed by atoms with Crippen molar-refractivity contribution in [1.82, 2.24) is 5.32 Å². The highest BCUT2D eigenvalue weighted by Crippen LogP contribution is 2.35. The van der Waals surface area contributed by atoms with Crippen LogP contribution in [0.15, 0.2) is 0 Å². The van der Waals surface area contributed by atoms with Gasteiger partial charge >= 0.3 is 0 Å². The molecule has 3 nitrogen and oxygen atoms in total. The van der Waals surface area contributed by atoms with Gasteiger partial charge in [-0.3, -0.25) is 5.41 Å². The second-order valence-corrected chi connectivity index (χ2v) is 6.31. The Labute approximate surface area is 111 Å². The molecule has 0 amide bonds. The maximum Gasteiger partial charge on any atom is 0.0933 e. The van der Waals surface area contributed by atoms with E-state index in [0.717, 1.165) is 18.2 Å². The lowest BCUT2D eigenvalue weighted by Crippen LogP contribution is -2.49. The lowest BCUT2D eigenvalue weighted by molar-refractivity contribution is 0.176. The molecule has 0 bridgehead atoms. The van der Waals surface area contributed by atoms with E-state index in [1.54, 1.807) is 0 Å². The van der Waals surface area contributed by atoms with Crippen molar-refractivity contribution >= 4 is 5.84 Å². The zero-order valence-electron chi connectivity index (χ0n) is 11.8. The Balaban J connectivity index is 2.04. The summed E-state index contributed by atoms with van der Waals surface area (Å²) in [6.07, 6.45) is 11.4. The summed E-state index contributed by atoms with van der Waals surface area (Å²) < 4.78 is 0. The Hall–Kier alpha value is -0.570. The lowest BCUT2D eigenvalue weighted by atomic mass is 9.73. The molecule has 1 saturated heterocycles. The fraction of sp³-hybridized carbons (Fsp3) is 0.933. The second-order valence-electron chi connectivity index (χ2n) is 6.31. The van der Waals surface area contributed by atoms with E-state index >= 15 is 0 Å². The molecule has 104 valence electrons. The quantitative estimate of drug-likeness (QED) is 0.722. The molecule has 1 saturated carbocycles. The van der Waals surface area contributed by atoms with Crippen molar-refractivity contribution in [2.24, 2.45) is 17.6 Å². The van der Waals surface area contributed by atoms with Crippen LogP contribution >= 0.6 is 0 Å². The van der Waals surface area contributed by atoms with Gasteiger partial charge in [-0.2, -0.15) is 0 Å². The Kier molecular flexibility index (Phi) is 5.04. The molecule has 3 heteroatoms. The summed E-state index contributed by atoms with van der Waals surface area (Å²) in [7, 11) is 0. The average Bonchev–Trinajstić information content (AvgIpc) is 2.55. The van der Waals surface area contributed by atoms with Gasteiger partial charge in [0, 0.05) is 18.5 Å². The first-order chi connectivity index (χ1) is 8.68. The van der Waals surface area contributed by atoms with Crippen molar-refractivity contribution in [1.29, 1.82) is 5.41 Å². The Morgan fingerprint density at radius 3 is 2.44 bits per heavy atom. The maximum absolute atomic E-state index is 7.96. The first kappa shape index (κ1) is 13.9. The van der Waals surface area contributed by atoms with Crippen molar-refractivity contribution in [3.8, 4) is 0 Å². The van der Waals surface area contributed by atoms with Crippen molar-refractivity contribution in [2.45, 2.75) is 76.8 Å². The largest absolute Gasteiger partial charge is 0.371 e. The van der Waals surface area contributed by atoms with Crippen molar-refractivity contribution in [2.75, 3.05) is 0 Å². The molecular formula is C15H29N3. The van der Waals surface area contributed by atoms with Crippen molar-refractivity contribution < 1.29 is 0 Å². The van der Waals surface area contributed by atoms with Gasteiger partial charge < -0.3 is 11.1 Å². The van der Waals surface area contributed by atoms with Crippen LogP contribution in [0.3, 0.4) is 0 Å². The molecule has 2 rings (SSSR count). The summed E-state index contributed by atoms with van der Waals surface area (Å²) in [5.41, 5.74) is 6.28. The summed E-state index contributed by atoms with van der Waals surface area (Å²) >= 11 is 0. The number of hydrogen-bond acceptors (Lipinski definition) is 2. The van der Waals surface area contributed by atoms with Crippen molar-refractivity contribution in [3.05, 3.63) is 0 Å². The monoisotopic (exact) mass is 251 g/mol. The standard InChI is InChI=1S/C15H29N3/c1-11(16)15(12-7-3-2-4-8-12)13-9-5-6-10-14(17)18-13/h11-13,15H,2-10,16H2,1H3,(H2,17,18). The molecule has 4 N–H and O–H groups in total. The highest BCUT2D eigenvalue weighted by molar-refractivity contribution is 5.79. The minimum absolute atomic E-state index is 0.247. The van der Waals surface area contributed by atoms with Crippen LogP contribution in [0, 0.1) is 17.2 Å². The van der Waals surface area contributed by atoms with E-state index in [9.17, 15) is 0 Å². The van der Waals surface area contributed by atoms with Crippen LogP contribution in [-0.4, -0.2) is 17.9 Å². The van der Waals surface area contributed by atoms with Crippen LogP contribution < -0.4 is 11.1 Å². The van der Waals surface area contributed by atoms with Crippen LogP contribution in [-0.2, 0) is 0 Å². The van der Waals surface area contributed by atoms with Crippen LogP contribution in [0.25, 0.3) is 0 Å². The van der Waals surface area contributed by atoms with E-state index in [2.05, 4.69) is 12.2 Å². The van der Waals surface area contributed by atoms with Crippen LogP contribution in [0.4, 0.5) is 0 Å². The van der Waals surface area contributed by atoms with Gasteiger partial charge in [0.25, 0.3) is 0 Å². The number of hydrogen-bond donors (Lipinski definition) is 3. The summed E-state index contributed by atoms with van der Waals surface area (Å²) in [6.45, 7) is 2.16. The Bertz CT molecular complexity index is 269.